The van der Waals surface area contributed by atoms with E-state index in [1.807, 2.05) is 0 Å². The number of nitrogens with one attached hydrogen (secondary N) is 1. The third-order valence-corrected chi connectivity index (χ3v) is 2.30. The fraction of sp³-hybridized carbons (Fsp3) is 0.556. The van der Waals surface area contributed by atoms with Crippen molar-refractivity contribution in [3.8, 4) is 6.01 Å². The van der Waals surface area contributed by atoms with E-state index in [0.29, 0.717) is 24.0 Å². The molecule has 0 saturated heterocycles. The number of methoxy groups -OCH3 is 2. The van der Waals surface area contributed by atoms with Gasteiger partial charge in [-0.3, -0.25) is 0 Å². The first-order valence-electron chi connectivity index (χ1n) is 4.60. The van der Waals surface area contributed by atoms with E-state index in [9.17, 15) is 0 Å². The Labute approximate surface area is 104 Å². The Kier molecular flexibility index (Phi) is 5.59. The molecule has 0 aliphatic carbocycles. The number of rotatable bonds is 6. The maximum atomic E-state index is 5.95. The topological polar surface area (TPSA) is 56.3 Å². The smallest absolute Gasteiger partial charge is 0.318 e. The van der Waals surface area contributed by atoms with E-state index in [1.165, 1.54) is 13.3 Å². The first kappa shape index (κ1) is 13.3. The SMILES string of the molecule is COCC(Cl)CNc1nc(OC)ncc1Cl. The lowest BCUT2D eigenvalue weighted by atomic mass is 10.4. The molecule has 7 heteroatoms. The van der Waals surface area contributed by atoms with Gasteiger partial charge in [-0.25, -0.2) is 4.98 Å². The van der Waals surface area contributed by atoms with Gasteiger partial charge in [-0.15, -0.1) is 11.6 Å². The Morgan fingerprint density at radius 2 is 2.25 bits per heavy atom. The summed E-state index contributed by atoms with van der Waals surface area (Å²) in [5.41, 5.74) is 0. The number of hydrogen-bond donors (Lipinski definition) is 1. The molecule has 0 bridgehead atoms. The maximum Gasteiger partial charge on any atom is 0.318 e. The van der Waals surface area contributed by atoms with E-state index in [2.05, 4.69) is 15.3 Å². The second kappa shape index (κ2) is 6.73. The molecular weight excluding hydrogens is 253 g/mol. The van der Waals surface area contributed by atoms with Crippen molar-refractivity contribution in [2.24, 2.45) is 0 Å². The van der Waals surface area contributed by atoms with Crippen LogP contribution in [-0.2, 0) is 4.74 Å². The van der Waals surface area contributed by atoms with Crippen LogP contribution < -0.4 is 10.1 Å². The number of ether oxygens (including phenoxy) is 2. The maximum absolute atomic E-state index is 5.95. The summed E-state index contributed by atoms with van der Waals surface area (Å²) in [5.74, 6) is 0.496. The Bertz CT molecular complexity index is 339. The van der Waals surface area contributed by atoms with Gasteiger partial charge in [0.05, 0.1) is 25.3 Å². The molecule has 90 valence electrons. The summed E-state index contributed by atoms with van der Waals surface area (Å²) in [7, 11) is 3.08. The summed E-state index contributed by atoms with van der Waals surface area (Å²) in [5, 5.41) is 3.26. The Morgan fingerprint density at radius 1 is 1.50 bits per heavy atom. The molecule has 1 unspecified atom stereocenters. The van der Waals surface area contributed by atoms with Crippen LogP contribution in [0, 0.1) is 0 Å². The third-order valence-electron chi connectivity index (χ3n) is 1.74. The predicted octanol–water partition coefficient (Wildman–Crippen LogP) is 1.80. The summed E-state index contributed by atoms with van der Waals surface area (Å²) in [6.07, 6.45) is 1.47. The molecule has 0 aromatic carbocycles. The third kappa shape index (κ3) is 4.00. The Morgan fingerprint density at radius 3 is 2.88 bits per heavy atom. The minimum absolute atomic E-state index is 0.151. The standard InChI is InChI=1S/C9H13Cl2N3O2/c1-15-5-6(10)3-12-8-7(11)4-13-9(14-8)16-2/h4,6H,3,5H2,1-2H3,(H,12,13,14). The van der Waals surface area contributed by atoms with Crippen LogP contribution in [0.4, 0.5) is 5.82 Å². The zero-order chi connectivity index (χ0) is 12.0. The molecule has 0 fully saturated rings. The second-order valence-electron chi connectivity index (χ2n) is 2.99. The second-order valence-corrected chi connectivity index (χ2v) is 4.01. The van der Waals surface area contributed by atoms with Crippen molar-refractivity contribution < 1.29 is 9.47 Å². The first-order valence-corrected chi connectivity index (χ1v) is 5.42. The lowest BCUT2D eigenvalue weighted by Crippen LogP contribution is -2.19. The van der Waals surface area contributed by atoms with Gasteiger partial charge in [0.15, 0.2) is 5.82 Å². The fourth-order valence-electron chi connectivity index (χ4n) is 1.02. The number of anilines is 1. The average Bonchev–Trinajstić information content (AvgIpc) is 2.28. The largest absolute Gasteiger partial charge is 0.467 e. The molecule has 1 heterocycles. The van der Waals surface area contributed by atoms with Crippen molar-refractivity contribution >= 4 is 29.0 Å². The molecule has 16 heavy (non-hydrogen) atoms. The van der Waals surface area contributed by atoms with E-state index in [-0.39, 0.29) is 11.4 Å². The number of alkyl halides is 1. The number of hydrogen-bond acceptors (Lipinski definition) is 5. The minimum Gasteiger partial charge on any atom is -0.467 e. The Hall–Kier alpha value is -0.780. The number of halogens is 2. The van der Waals surface area contributed by atoms with Gasteiger partial charge in [-0.05, 0) is 0 Å². The van der Waals surface area contributed by atoms with Crippen LogP contribution in [0.15, 0.2) is 6.20 Å². The van der Waals surface area contributed by atoms with Crippen LogP contribution >= 0.6 is 23.2 Å². The van der Waals surface area contributed by atoms with Crippen molar-refractivity contribution in [2.75, 3.05) is 32.7 Å². The van der Waals surface area contributed by atoms with Crippen LogP contribution in [0.25, 0.3) is 0 Å². The monoisotopic (exact) mass is 265 g/mol. The van der Waals surface area contributed by atoms with E-state index >= 15 is 0 Å². The van der Waals surface area contributed by atoms with Crippen molar-refractivity contribution in [1.82, 2.24) is 9.97 Å². The fourth-order valence-corrected chi connectivity index (χ4v) is 1.38. The van der Waals surface area contributed by atoms with Crippen LogP contribution in [-0.4, -0.2) is 42.7 Å². The molecule has 0 radical (unpaired) electrons. The lowest BCUT2D eigenvalue weighted by molar-refractivity contribution is 0.200. The molecule has 0 aliphatic heterocycles. The van der Waals surface area contributed by atoms with Crippen LogP contribution in [0.2, 0.25) is 5.02 Å². The predicted molar refractivity (Wildman–Crippen MR) is 63.6 cm³/mol. The molecule has 1 aromatic heterocycles. The van der Waals surface area contributed by atoms with Gasteiger partial charge in [0, 0.05) is 13.7 Å². The van der Waals surface area contributed by atoms with Gasteiger partial charge in [-0.2, -0.15) is 4.98 Å². The summed E-state index contributed by atoms with van der Waals surface area (Å²) < 4.78 is 9.79. The first-order chi connectivity index (χ1) is 7.67. The zero-order valence-electron chi connectivity index (χ0n) is 9.04. The molecule has 0 spiro atoms. The summed E-state index contributed by atoms with van der Waals surface area (Å²) in [6, 6.07) is 0.254. The summed E-state index contributed by atoms with van der Waals surface area (Å²) >= 11 is 11.8. The van der Waals surface area contributed by atoms with Gasteiger partial charge >= 0.3 is 6.01 Å². The highest BCUT2D eigenvalue weighted by molar-refractivity contribution is 6.32. The van der Waals surface area contributed by atoms with Gasteiger partial charge in [0.25, 0.3) is 0 Å². The van der Waals surface area contributed by atoms with Crippen molar-refractivity contribution in [1.29, 1.82) is 0 Å². The highest BCUT2D eigenvalue weighted by Gasteiger charge is 2.08. The van der Waals surface area contributed by atoms with Gasteiger partial charge in [-0.1, -0.05) is 11.6 Å². The molecule has 1 aromatic rings. The highest BCUT2D eigenvalue weighted by Crippen LogP contribution is 2.20. The van der Waals surface area contributed by atoms with Crippen molar-refractivity contribution in [3.63, 3.8) is 0 Å². The van der Waals surface area contributed by atoms with E-state index in [0.717, 1.165) is 0 Å². The zero-order valence-corrected chi connectivity index (χ0v) is 10.5. The van der Waals surface area contributed by atoms with Crippen molar-refractivity contribution in [3.05, 3.63) is 11.2 Å². The Balaban J connectivity index is 2.58. The highest BCUT2D eigenvalue weighted by atomic mass is 35.5. The average molecular weight is 266 g/mol. The molecule has 5 nitrogen and oxygen atoms in total. The minimum atomic E-state index is -0.151. The molecule has 1 rings (SSSR count). The molecule has 1 atom stereocenters. The quantitative estimate of drug-likeness (QED) is 0.796. The molecule has 0 aliphatic rings. The molecule has 0 amide bonds. The summed E-state index contributed by atoms with van der Waals surface area (Å²) in [4.78, 5) is 7.90. The molecular formula is C9H13Cl2N3O2. The molecule has 0 saturated carbocycles. The van der Waals surface area contributed by atoms with Gasteiger partial charge in [0.2, 0.25) is 0 Å². The van der Waals surface area contributed by atoms with E-state index in [1.54, 1.807) is 7.11 Å². The molecule has 1 N–H and O–H groups in total. The lowest BCUT2D eigenvalue weighted by Gasteiger charge is -2.11. The van der Waals surface area contributed by atoms with Gasteiger partial charge < -0.3 is 14.8 Å². The summed E-state index contributed by atoms with van der Waals surface area (Å²) in [6.45, 7) is 0.948. The van der Waals surface area contributed by atoms with Crippen LogP contribution in [0.1, 0.15) is 0 Å². The van der Waals surface area contributed by atoms with Crippen LogP contribution in [0.3, 0.4) is 0 Å². The van der Waals surface area contributed by atoms with E-state index in [4.69, 9.17) is 32.7 Å². The normalized spacial score (nSPS) is 12.2. The van der Waals surface area contributed by atoms with Crippen LogP contribution in [0.5, 0.6) is 6.01 Å². The van der Waals surface area contributed by atoms with E-state index < -0.39 is 0 Å². The van der Waals surface area contributed by atoms with Crippen molar-refractivity contribution in [2.45, 2.75) is 5.38 Å². The van der Waals surface area contributed by atoms with Gasteiger partial charge in [0.1, 0.15) is 5.02 Å². The number of aromatic nitrogens is 2. The number of nitrogens with zero attached hydrogens (tertiary/aromatic N) is 2.